The summed E-state index contributed by atoms with van der Waals surface area (Å²) >= 11 is 0. The van der Waals surface area contributed by atoms with E-state index in [-0.39, 0.29) is 0 Å². The highest BCUT2D eigenvalue weighted by atomic mass is 16.5. The molecule has 0 radical (unpaired) electrons. The maximum absolute atomic E-state index is 5.01. The van der Waals surface area contributed by atoms with Crippen LogP contribution < -0.4 is 15.4 Å². The quantitative estimate of drug-likeness (QED) is 0.806. The van der Waals surface area contributed by atoms with Gasteiger partial charge in [-0.15, -0.1) is 0 Å². The molecule has 2 N–H and O–H groups in total. The minimum atomic E-state index is 0.676. The molecule has 1 aliphatic heterocycles. The molecule has 1 unspecified atom stereocenters. The zero-order chi connectivity index (χ0) is 11.9. The van der Waals surface area contributed by atoms with E-state index in [4.69, 9.17) is 4.74 Å². The van der Waals surface area contributed by atoms with Gasteiger partial charge in [-0.05, 0) is 38.3 Å². The maximum Gasteiger partial charge on any atom is 0.222 e. The van der Waals surface area contributed by atoms with Crippen LogP contribution in [0.25, 0.3) is 0 Å². The summed E-state index contributed by atoms with van der Waals surface area (Å²) in [6, 6.07) is 0. The van der Waals surface area contributed by atoms with Gasteiger partial charge in [-0.3, -0.25) is 0 Å². The Bertz CT molecular complexity index is 322. The van der Waals surface area contributed by atoms with E-state index in [9.17, 15) is 0 Å². The first-order chi connectivity index (χ1) is 8.38. The molecule has 0 aromatic carbocycles. The van der Waals surface area contributed by atoms with Gasteiger partial charge < -0.3 is 15.4 Å². The third-order valence-corrected chi connectivity index (χ3v) is 3.10. The van der Waals surface area contributed by atoms with E-state index in [2.05, 4.69) is 20.6 Å². The van der Waals surface area contributed by atoms with Gasteiger partial charge in [0.1, 0.15) is 0 Å². The smallest absolute Gasteiger partial charge is 0.222 e. The fraction of sp³-hybridized carbons (Fsp3) is 0.667. The lowest BCUT2D eigenvalue weighted by atomic mass is 9.96. The van der Waals surface area contributed by atoms with Gasteiger partial charge in [-0.2, -0.15) is 0 Å². The van der Waals surface area contributed by atoms with E-state index >= 15 is 0 Å². The summed E-state index contributed by atoms with van der Waals surface area (Å²) in [5.74, 6) is 2.15. The first kappa shape index (κ1) is 12.1. The molecule has 1 atom stereocenters. The van der Waals surface area contributed by atoms with Crippen LogP contribution in [0.2, 0.25) is 0 Å². The standard InChI is InChI=1S/C12H20N4O/c1-17-11-8-15-12(16-9-11)14-6-4-10-3-2-5-13-7-10/h8-10,13H,2-7H2,1H3,(H,14,15,16). The van der Waals surface area contributed by atoms with Gasteiger partial charge in [0.2, 0.25) is 5.95 Å². The van der Waals surface area contributed by atoms with Crippen molar-refractivity contribution in [2.75, 3.05) is 32.1 Å². The Morgan fingerprint density at radius 2 is 2.29 bits per heavy atom. The molecule has 0 aliphatic carbocycles. The van der Waals surface area contributed by atoms with Crippen molar-refractivity contribution >= 4 is 5.95 Å². The number of nitrogens with zero attached hydrogens (tertiary/aromatic N) is 2. The molecule has 0 bridgehead atoms. The molecule has 1 aromatic heterocycles. The topological polar surface area (TPSA) is 59.1 Å². The zero-order valence-electron chi connectivity index (χ0n) is 10.3. The number of piperidine rings is 1. The van der Waals surface area contributed by atoms with Crippen LogP contribution in [0.15, 0.2) is 12.4 Å². The second kappa shape index (κ2) is 6.39. The van der Waals surface area contributed by atoms with Crippen LogP contribution in [-0.4, -0.2) is 36.7 Å². The molecule has 17 heavy (non-hydrogen) atoms. The molecular weight excluding hydrogens is 216 g/mol. The number of hydrogen-bond acceptors (Lipinski definition) is 5. The molecule has 0 amide bonds. The average Bonchev–Trinajstić information content (AvgIpc) is 2.41. The average molecular weight is 236 g/mol. The van der Waals surface area contributed by atoms with E-state index in [1.54, 1.807) is 19.5 Å². The highest BCUT2D eigenvalue weighted by molar-refractivity contribution is 5.26. The van der Waals surface area contributed by atoms with Crippen molar-refractivity contribution in [2.45, 2.75) is 19.3 Å². The van der Waals surface area contributed by atoms with E-state index in [1.807, 2.05) is 0 Å². The first-order valence-corrected chi connectivity index (χ1v) is 6.19. The second-order valence-corrected chi connectivity index (χ2v) is 4.37. The highest BCUT2D eigenvalue weighted by Crippen LogP contribution is 2.14. The Balaban J connectivity index is 1.69. The minimum absolute atomic E-state index is 0.676. The van der Waals surface area contributed by atoms with Gasteiger partial charge in [0.25, 0.3) is 0 Å². The molecular formula is C12H20N4O. The molecule has 94 valence electrons. The molecule has 2 rings (SSSR count). The summed E-state index contributed by atoms with van der Waals surface area (Å²) in [5.41, 5.74) is 0. The molecule has 1 saturated heterocycles. The van der Waals surface area contributed by atoms with E-state index in [1.165, 1.54) is 25.8 Å². The van der Waals surface area contributed by atoms with Crippen LogP contribution in [0.1, 0.15) is 19.3 Å². The molecule has 5 nitrogen and oxygen atoms in total. The van der Waals surface area contributed by atoms with Gasteiger partial charge in [0, 0.05) is 6.54 Å². The summed E-state index contributed by atoms with van der Waals surface area (Å²) in [5, 5.41) is 6.66. The maximum atomic E-state index is 5.01. The fourth-order valence-electron chi connectivity index (χ4n) is 2.07. The van der Waals surface area contributed by atoms with Crippen molar-refractivity contribution in [3.63, 3.8) is 0 Å². The Labute approximate surface area is 102 Å². The predicted octanol–water partition coefficient (Wildman–Crippen LogP) is 1.29. The van der Waals surface area contributed by atoms with E-state index in [0.717, 1.165) is 19.0 Å². The SMILES string of the molecule is COc1cnc(NCCC2CCCNC2)nc1. The third kappa shape index (κ3) is 3.85. The summed E-state index contributed by atoms with van der Waals surface area (Å²) in [6.45, 7) is 3.25. The fourth-order valence-corrected chi connectivity index (χ4v) is 2.07. The van der Waals surface area contributed by atoms with Crippen molar-refractivity contribution in [3.05, 3.63) is 12.4 Å². The summed E-state index contributed by atoms with van der Waals surface area (Å²) in [6.07, 6.45) is 7.15. The summed E-state index contributed by atoms with van der Waals surface area (Å²) < 4.78 is 5.01. The molecule has 1 aromatic rings. The number of rotatable bonds is 5. The van der Waals surface area contributed by atoms with Crippen molar-refractivity contribution in [1.82, 2.24) is 15.3 Å². The summed E-state index contributed by atoms with van der Waals surface area (Å²) in [4.78, 5) is 8.34. The number of anilines is 1. The van der Waals surface area contributed by atoms with Gasteiger partial charge in [-0.1, -0.05) is 0 Å². The Morgan fingerprint density at radius 3 is 2.94 bits per heavy atom. The number of nitrogens with one attached hydrogen (secondary N) is 2. The predicted molar refractivity (Wildman–Crippen MR) is 67.3 cm³/mol. The van der Waals surface area contributed by atoms with Gasteiger partial charge in [-0.25, -0.2) is 9.97 Å². The molecule has 0 spiro atoms. The molecule has 1 aliphatic rings. The number of methoxy groups -OCH3 is 1. The Morgan fingerprint density at radius 1 is 1.47 bits per heavy atom. The van der Waals surface area contributed by atoms with Gasteiger partial charge in [0.15, 0.2) is 5.75 Å². The van der Waals surface area contributed by atoms with Crippen LogP contribution in [-0.2, 0) is 0 Å². The molecule has 1 fully saturated rings. The molecule has 5 heteroatoms. The van der Waals surface area contributed by atoms with Crippen molar-refractivity contribution in [2.24, 2.45) is 5.92 Å². The lowest BCUT2D eigenvalue weighted by Gasteiger charge is -2.22. The number of ether oxygens (including phenoxy) is 1. The lowest BCUT2D eigenvalue weighted by molar-refractivity contribution is 0.364. The van der Waals surface area contributed by atoms with Crippen LogP contribution in [0.3, 0.4) is 0 Å². The van der Waals surface area contributed by atoms with Crippen LogP contribution in [0.5, 0.6) is 5.75 Å². The van der Waals surface area contributed by atoms with E-state index < -0.39 is 0 Å². The highest BCUT2D eigenvalue weighted by Gasteiger charge is 2.12. The van der Waals surface area contributed by atoms with Gasteiger partial charge in [0.05, 0.1) is 19.5 Å². The van der Waals surface area contributed by atoms with Gasteiger partial charge >= 0.3 is 0 Å². The number of aromatic nitrogens is 2. The number of hydrogen-bond donors (Lipinski definition) is 2. The lowest BCUT2D eigenvalue weighted by Crippen LogP contribution is -2.30. The monoisotopic (exact) mass is 236 g/mol. The third-order valence-electron chi connectivity index (χ3n) is 3.10. The zero-order valence-corrected chi connectivity index (χ0v) is 10.3. The first-order valence-electron chi connectivity index (χ1n) is 6.19. The normalized spacial score (nSPS) is 19.9. The minimum Gasteiger partial charge on any atom is -0.494 e. The van der Waals surface area contributed by atoms with Crippen molar-refractivity contribution in [1.29, 1.82) is 0 Å². The molecule has 0 saturated carbocycles. The Kier molecular flexibility index (Phi) is 4.55. The van der Waals surface area contributed by atoms with Crippen LogP contribution in [0.4, 0.5) is 5.95 Å². The largest absolute Gasteiger partial charge is 0.494 e. The molecule has 2 heterocycles. The summed E-state index contributed by atoms with van der Waals surface area (Å²) in [7, 11) is 1.61. The van der Waals surface area contributed by atoms with Crippen molar-refractivity contribution in [3.8, 4) is 5.75 Å². The van der Waals surface area contributed by atoms with Crippen LogP contribution in [0, 0.1) is 5.92 Å². The Hall–Kier alpha value is -1.36. The second-order valence-electron chi connectivity index (χ2n) is 4.37. The van der Waals surface area contributed by atoms with E-state index in [0.29, 0.717) is 11.7 Å². The van der Waals surface area contributed by atoms with Crippen molar-refractivity contribution < 1.29 is 4.74 Å². The van der Waals surface area contributed by atoms with Crippen LogP contribution >= 0.6 is 0 Å².